The van der Waals surface area contributed by atoms with Crippen LogP contribution < -0.4 is 5.32 Å². The van der Waals surface area contributed by atoms with Crippen molar-refractivity contribution >= 4 is 34.2 Å². The number of rotatable bonds is 5. The topological polar surface area (TPSA) is 61.0 Å². The van der Waals surface area contributed by atoms with Crippen molar-refractivity contribution in [1.29, 1.82) is 0 Å². The highest BCUT2D eigenvalue weighted by Gasteiger charge is 2.21. The van der Waals surface area contributed by atoms with Crippen LogP contribution in [-0.2, 0) is 6.42 Å². The van der Waals surface area contributed by atoms with E-state index < -0.39 is 23.4 Å². The number of carbonyl (C=O) groups excluding carboxylic acids is 1. The van der Waals surface area contributed by atoms with Gasteiger partial charge in [0.25, 0.3) is 5.91 Å². The molecule has 0 aliphatic rings. The first-order chi connectivity index (χ1) is 12.8. The van der Waals surface area contributed by atoms with Crippen molar-refractivity contribution in [3.8, 4) is 0 Å². The van der Waals surface area contributed by atoms with Crippen LogP contribution in [0.5, 0.6) is 0 Å². The van der Waals surface area contributed by atoms with Crippen LogP contribution in [0, 0.1) is 17.5 Å². The van der Waals surface area contributed by atoms with Gasteiger partial charge < -0.3 is 15.2 Å². The zero-order chi connectivity index (χ0) is 19.7. The Balaban J connectivity index is 1.97. The maximum absolute atomic E-state index is 14.1. The van der Waals surface area contributed by atoms with Gasteiger partial charge in [0, 0.05) is 18.7 Å². The van der Waals surface area contributed by atoms with E-state index in [1.165, 1.54) is 12.1 Å². The standard InChI is InChI=1S/C18H16ClF3N4O/c1-26(2)6-5-14-24-16-10(8-13(21)15(22)17(16)25-14)18(27)23-9-3-4-12(20)11(19)7-9/h3-4,7-8H,5-6H2,1-2H3,(H,23,27)(H,24,25). The molecule has 9 heteroatoms. The first kappa shape index (κ1) is 19.2. The van der Waals surface area contributed by atoms with Gasteiger partial charge in [-0.3, -0.25) is 4.79 Å². The molecule has 3 rings (SSSR count). The summed E-state index contributed by atoms with van der Waals surface area (Å²) in [4.78, 5) is 21.4. The minimum Gasteiger partial charge on any atom is -0.341 e. The number of anilines is 1. The third kappa shape index (κ3) is 4.06. The SMILES string of the molecule is CN(C)CCc1nc2c(F)c(F)cc(C(=O)Nc3ccc(F)c(Cl)c3)c2[nH]1. The molecule has 0 saturated carbocycles. The number of imidazole rings is 1. The number of hydrogen-bond acceptors (Lipinski definition) is 3. The lowest BCUT2D eigenvalue weighted by atomic mass is 10.1. The minimum atomic E-state index is -1.18. The second kappa shape index (κ2) is 7.58. The molecule has 5 nitrogen and oxygen atoms in total. The molecule has 27 heavy (non-hydrogen) atoms. The van der Waals surface area contributed by atoms with E-state index in [1.807, 2.05) is 19.0 Å². The Kier molecular flexibility index (Phi) is 5.38. The Hall–Kier alpha value is -2.58. The molecule has 0 bridgehead atoms. The van der Waals surface area contributed by atoms with E-state index in [2.05, 4.69) is 15.3 Å². The highest BCUT2D eigenvalue weighted by atomic mass is 35.5. The summed E-state index contributed by atoms with van der Waals surface area (Å²) in [7, 11) is 3.74. The molecule has 2 aromatic carbocycles. The van der Waals surface area contributed by atoms with Crippen LogP contribution >= 0.6 is 11.6 Å². The highest BCUT2D eigenvalue weighted by Crippen LogP contribution is 2.25. The largest absolute Gasteiger partial charge is 0.341 e. The fourth-order valence-corrected chi connectivity index (χ4v) is 2.73. The molecule has 0 atom stereocenters. The maximum atomic E-state index is 14.1. The average molecular weight is 397 g/mol. The summed E-state index contributed by atoms with van der Waals surface area (Å²) in [6.45, 7) is 0.638. The Morgan fingerprint density at radius 3 is 2.63 bits per heavy atom. The molecule has 1 heterocycles. The fourth-order valence-electron chi connectivity index (χ4n) is 2.55. The van der Waals surface area contributed by atoms with Gasteiger partial charge in [-0.05, 0) is 38.4 Å². The number of benzene rings is 2. The number of aromatic amines is 1. The van der Waals surface area contributed by atoms with E-state index >= 15 is 0 Å². The van der Waals surface area contributed by atoms with Gasteiger partial charge in [0.1, 0.15) is 17.2 Å². The molecule has 0 radical (unpaired) electrons. The van der Waals surface area contributed by atoms with Gasteiger partial charge in [-0.1, -0.05) is 11.6 Å². The molecular weight excluding hydrogens is 381 g/mol. The summed E-state index contributed by atoms with van der Waals surface area (Å²) in [6.07, 6.45) is 0.470. The molecular formula is C18H16ClF3N4O. The minimum absolute atomic E-state index is 0.0911. The lowest BCUT2D eigenvalue weighted by Crippen LogP contribution is -2.15. The molecule has 0 unspecified atom stereocenters. The second-order valence-electron chi connectivity index (χ2n) is 6.26. The molecule has 0 aliphatic carbocycles. The molecule has 3 aromatic rings. The van der Waals surface area contributed by atoms with Gasteiger partial charge in [-0.2, -0.15) is 0 Å². The summed E-state index contributed by atoms with van der Waals surface area (Å²) >= 11 is 5.69. The van der Waals surface area contributed by atoms with Gasteiger partial charge in [-0.25, -0.2) is 18.2 Å². The van der Waals surface area contributed by atoms with E-state index in [1.54, 1.807) is 0 Å². The average Bonchev–Trinajstić information content (AvgIpc) is 3.04. The predicted octanol–water partition coefficient (Wildman–Crippen LogP) is 3.99. The number of H-pyrrole nitrogens is 1. The molecule has 2 N–H and O–H groups in total. The van der Waals surface area contributed by atoms with Crippen LogP contribution in [0.25, 0.3) is 11.0 Å². The number of fused-ring (bicyclic) bond motifs is 1. The Morgan fingerprint density at radius 1 is 1.22 bits per heavy atom. The van der Waals surface area contributed by atoms with E-state index in [0.29, 0.717) is 18.8 Å². The molecule has 0 saturated heterocycles. The number of halogens is 4. The third-order valence-corrected chi connectivity index (χ3v) is 4.22. The van der Waals surface area contributed by atoms with Crippen molar-refractivity contribution in [2.75, 3.05) is 26.0 Å². The van der Waals surface area contributed by atoms with Crippen molar-refractivity contribution in [3.05, 3.63) is 58.1 Å². The Bertz CT molecular complexity index is 1020. The summed E-state index contributed by atoms with van der Waals surface area (Å²) in [5, 5.41) is 2.32. The second-order valence-corrected chi connectivity index (χ2v) is 6.67. The lowest BCUT2D eigenvalue weighted by molar-refractivity contribution is 0.102. The van der Waals surface area contributed by atoms with Gasteiger partial charge in [0.05, 0.1) is 16.1 Å². The molecule has 0 spiro atoms. The quantitative estimate of drug-likeness (QED) is 0.685. The van der Waals surface area contributed by atoms with Crippen molar-refractivity contribution in [2.45, 2.75) is 6.42 Å². The third-order valence-electron chi connectivity index (χ3n) is 3.93. The van der Waals surface area contributed by atoms with Crippen LogP contribution in [0.1, 0.15) is 16.2 Å². The van der Waals surface area contributed by atoms with Gasteiger partial charge in [0.15, 0.2) is 11.6 Å². The van der Waals surface area contributed by atoms with Gasteiger partial charge in [0.2, 0.25) is 0 Å². The number of nitrogens with zero attached hydrogens (tertiary/aromatic N) is 2. The summed E-state index contributed by atoms with van der Waals surface area (Å²) in [5.41, 5.74) is -0.0519. The van der Waals surface area contributed by atoms with Crippen molar-refractivity contribution in [1.82, 2.24) is 14.9 Å². The molecule has 1 aromatic heterocycles. The monoisotopic (exact) mass is 396 g/mol. The Morgan fingerprint density at radius 2 is 1.96 bits per heavy atom. The molecule has 1 amide bonds. The Labute approximate surface area is 158 Å². The zero-order valence-electron chi connectivity index (χ0n) is 14.5. The van der Waals surface area contributed by atoms with Crippen molar-refractivity contribution in [3.63, 3.8) is 0 Å². The van der Waals surface area contributed by atoms with E-state index in [9.17, 15) is 18.0 Å². The molecule has 142 valence electrons. The van der Waals surface area contributed by atoms with Crippen LogP contribution in [0.15, 0.2) is 24.3 Å². The van der Waals surface area contributed by atoms with E-state index in [0.717, 1.165) is 12.1 Å². The van der Waals surface area contributed by atoms with Crippen LogP contribution in [-0.4, -0.2) is 41.4 Å². The summed E-state index contributed by atoms with van der Waals surface area (Å²) < 4.78 is 41.3. The number of nitrogens with one attached hydrogen (secondary N) is 2. The van der Waals surface area contributed by atoms with Crippen molar-refractivity contribution < 1.29 is 18.0 Å². The lowest BCUT2D eigenvalue weighted by Gasteiger charge is -2.08. The normalized spacial score (nSPS) is 11.4. The zero-order valence-corrected chi connectivity index (χ0v) is 15.3. The predicted molar refractivity (Wildman–Crippen MR) is 97.6 cm³/mol. The number of likely N-dealkylation sites (N-methyl/N-ethyl adjacent to an activating group) is 1. The summed E-state index contributed by atoms with van der Waals surface area (Å²) in [5.74, 6) is -3.22. The van der Waals surface area contributed by atoms with Crippen molar-refractivity contribution in [2.24, 2.45) is 0 Å². The number of aromatic nitrogens is 2. The summed E-state index contributed by atoms with van der Waals surface area (Å²) in [6, 6.07) is 4.42. The van der Waals surface area contributed by atoms with Crippen LogP contribution in [0.3, 0.4) is 0 Å². The number of amides is 1. The number of carbonyl (C=O) groups is 1. The number of hydrogen-bond donors (Lipinski definition) is 2. The van der Waals surface area contributed by atoms with Gasteiger partial charge >= 0.3 is 0 Å². The highest BCUT2D eigenvalue weighted by molar-refractivity contribution is 6.31. The fraction of sp³-hybridized carbons (Fsp3) is 0.222. The molecule has 0 aliphatic heterocycles. The van der Waals surface area contributed by atoms with E-state index in [4.69, 9.17) is 11.6 Å². The molecule has 0 fully saturated rings. The smallest absolute Gasteiger partial charge is 0.257 e. The maximum Gasteiger partial charge on any atom is 0.257 e. The first-order valence-electron chi connectivity index (χ1n) is 8.04. The van der Waals surface area contributed by atoms with Gasteiger partial charge in [-0.15, -0.1) is 0 Å². The van der Waals surface area contributed by atoms with E-state index in [-0.39, 0.29) is 27.3 Å². The first-order valence-corrected chi connectivity index (χ1v) is 8.41. The van der Waals surface area contributed by atoms with Crippen LogP contribution in [0.2, 0.25) is 5.02 Å². The van der Waals surface area contributed by atoms with Crippen LogP contribution in [0.4, 0.5) is 18.9 Å².